The summed E-state index contributed by atoms with van der Waals surface area (Å²) in [6.07, 6.45) is 1.84. The number of benzene rings is 1. The Morgan fingerprint density at radius 1 is 1.44 bits per heavy atom. The first-order chi connectivity index (χ1) is 8.67. The van der Waals surface area contributed by atoms with Gasteiger partial charge in [0.05, 0.1) is 24.6 Å². The van der Waals surface area contributed by atoms with Crippen LogP contribution in [-0.2, 0) is 11.3 Å². The molecule has 0 saturated carbocycles. The molecule has 0 unspecified atom stereocenters. The Kier molecular flexibility index (Phi) is 3.46. The maximum Gasteiger partial charge on any atom is 0.337 e. The molecule has 1 aromatic carbocycles. The van der Waals surface area contributed by atoms with Crippen LogP contribution in [0.3, 0.4) is 0 Å². The SMILES string of the molecule is CCn1ncc(C)c1-c1cccc(C(=O)OC)c1. The molecule has 0 spiro atoms. The van der Waals surface area contributed by atoms with Gasteiger partial charge in [0.15, 0.2) is 0 Å². The zero-order valence-corrected chi connectivity index (χ0v) is 10.8. The minimum Gasteiger partial charge on any atom is -0.465 e. The van der Waals surface area contributed by atoms with Crippen LogP contribution < -0.4 is 0 Å². The second kappa shape index (κ2) is 5.04. The van der Waals surface area contributed by atoms with E-state index in [1.54, 1.807) is 6.07 Å². The fourth-order valence-electron chi connectivity index (χ4n) is 2.01. The average molecular weight is 244 g/mol. The Labute approximate surface area is 106 Å². The van der Waals surface area contributed by atoms with Crippen molar-refractivity contribution in [2.45, 2.75) is 20.4 Å². The number of aryl methyl sites for hydroxylation is 2. The van der Waals surface area contributed by atoms with E-state index in [-0.39, 0.29) is 5.97 Å². The van der Waals surface area contributed by atoms with E-state index in [9.17, 15) is 4.79 Å². The Bertz CT molecular complexity index is 573. The summed E-state index contributed by atoms with van der Waals surface area (Å²) in [5, 5.41) is 4.31. The first kappa shape index (κ1) is 12.4. The number of methoxy groups -OCH3 is 1. The van der Waals surface area contributed by atoms with Gasteiger partial charge in [0, 0.05) is 12.1 Å². The van der Waals surface area contributed by atoms with Crippen molar-refractivity contribution in [3.05, 3.63) is 41.6 Å². The number of rotatable bonds is 3. The van der Waals surface area contributed by atoms with E-state index in [2.05, 4.69) is 5.10 Å². The summed E-state index contributed by atoms with van der Waals surface area (Å²) in [4.78, 5) is 11.5. The predicted octanol–water partition coefficient (Wildman–Crippen LogP) is 2.67. The van der Waals surface area contributed by atoms with Crippen LogP contribution in [0.1, 0.15) is 22.8 Å². The molecule has 1 heterocycles. The minimum atomic E-state index is -0.322. The molecular weight excluding hydrogens is 228 g/mol. The van der Waals surface area contributed by atoms with Crippen molar-refractivity contribution in [1.29, 1.82) is 0 Å². The van der Waals surface area contributed by atoms with Crippen LogP contribution in [0.15, 0.2) is 30.5 Å². The summed E-state index contributed by atoms with van der Waals surface area (Å²) in [5.74, 6) is -0.322. The van der Waals surface area contributed by atoms with Gasteiger partial charge in [-0.25, -0.2) is 4.79 Å². The molecule has 1 aromatic heterocycles. The number of carbonyl (C=O) groups is 1. The van der Waals surface area contributed by atoms with Crippen LogP contribution in [0.2, 0.25) is 0 Å². The summed E-state index contributed by atoms with van der Waals surface area (Å²) >= 11 is 0. The van der Waals surface area contributed by atoms with E-state index in [4.69, 9.17) is 4.74 Å². The van der Waals surface area contributed by atoms with Gasteiger partial charge >= 0.3 is 5.97 Å². The van der Waals surface area contributed by atoms with Gasteiger partial charge in [-0.2, -0.15) is 5.10 Å². The van der Waals surface area contributed by atoms with Crippen molar-refractivity contribution in [2.24, 2.45) is 0 Å². The molecule has 0 aliphatic heterocycles. The zero-order valence-electron chi connectivity index (χ0n) is 10.8. The van der Waals surface area contributed by atoms with Gasteiger partial charge in [0.1, 0.15) is 0 Å². The van der Waals surface area contributed by atoms with Gasteiger partial charge < -0.3 is 4.74 Å². The zero-order chi connectivity index (χ0) is 13.1. The molecule has 94 valence electrons. The standard InChI is InChI=1S/C14H16N2O2/c1-4-16-13(10(2)9-15-16)11-6-5-7-12(8-11)14(17)18-3/h5-9H,4H2,1-3H3. The van der Waals surface area contributed by atoms with Gasteiger partial charge in [0.25, 0.3) is 0 Å². The highest BCUT2D eigenvalue weighted by Crippen LogP contribution is 2.24. The van der Waals surface area contributed by atoms with Gasteiger partial charge in [-0.15, -0.1) is 0 Å². The molecule has 4 heteroatoms. The van der Waals surface area contributed by atoms with E-state index >= 15 is 0 Å². The highest BCUT2D eigenvalue weighted by atomic mass is 16.5. The predicted molar refractivity (Wildman–Crippen MR) is 69.4 cm³/mol. The molecule has 0 saturated heterocycles. The number of esters is 1. The summed E-state index contributed by atoms with van der Waals surface area (Å²) in [7, 11) is 1.39. The van der Waals surface area contributed by atoms with E-state index < -0.39 is 0 Å². The van der Waals surface area contributed by atoms with Crippen LogP contribution in [0.5, 0.6) is 0 Å². The van der Waals surface area contributed by atoms with Crippen LogP contribution in [0.4, 0.5) is 0 Å². The normalized spacial score (nSPS) is 10.4. The molecule has 2 aromatic rings. The number of hydrogen-bond donors (Lipinski definition) is 0. The molecule has 18 heavy (non-hydrogen) atoms. The van der Waals surface area contributed by atoms with Crippen LogP contribution in [0.25, 0.3) is 11.3 Å². The average Bonchev–Trinajstić information content (AvgIpc) is 2.79. The summed E-state index contributed by atoms with van der Waals surface area (Å²) < 4.78 is 6.66. The maximum absolute atomic E-state index is 11.5. The highest BCUT2D eigenvalue weighted by molar-refractivity contribution is 5.90. The Morgan fingerprint density at radius 2 is 2.22 bits per heavy atom. The maximum atomic E-state index is 11.5. The van der Waals surface area contributed by atoms with E-state index in [1.807, 2.05) is 42.9 Å². The molecule has 0 bridgehead atoms. The number of ether oxygens (including phenoxy) is 1. The largest absolute Gasteiger partial charge is 0.465 e. The fraction of sp³-hybridized carbons (Fsp3) is 0.286. The van der Waals surface area contributed by atoms with Crippen LogP contribution in [-0.4, -0.2) is 22.9 Å². The van der Waals surface area contributed by atoms with Crippen LogP contribution >= 0.6 is 0 Å². The second-order valence-corrected chi connectivity index (χ2v) is 4.06. The lowest BCUT2D eigenvalue weighted by Crippen LogP contribution is -2.03. The summed E-state index contributed by atoms with van der Waals surface area (Å²) in [5.41, 5.74) is 3.68. The third kappa shape index (κ3) is 2.14. The van der Waals surface area contributed by atoms with Crippen molar-refractivity contribution in [1.82, 2.24) is 9.78 Å². The van der Waals surface area contributed by atoms with Crippen molar-refractivity contribution < 1.29 is 9.53 Å². The van der Waals surface area contributed by atoms with Crippen molar-refractivity contribution >= 4 is 5.97 Å². The van der Waals surface area contributed by atoms with E-state index in [0.717, 1.165) is 23.4 Å². The molecule has 0 atom stereocenters. The second-order valence-electron chi connectivity index (χ2n) is 4.06. The van der Waals surface area contributed by atoms with Crippen LogP contribution in [0, 0.1) is 6.92 Å². The van der Waals surface area contributed by atoms with Gasteiger partial charge in [-0.3, -0.25) is 4.68 Å². The topological polar surface area (TPSA) is 44.1 Å². The molecule has 0 aliphatic rings. The number of hydrogen-bond acceptors (Lipinski definition) is 3. The monoisotopic (exact) mass is 244 g/mol. The molecule has 4 nitrogen and oxygen atoms in total. The highest BCUT2D eigenvalue weighted by Gasteiger charge is 2.11. The quantitative estimate of drug-likeness (QED) is 0.780. The lowest BCUT2D eigenvalue weighted by Gasteiger charge is -2.08. The van der Waals surface area contributed by atoms with Crippen molar-refractivity contribution in [3.8, 4) is 11.3 Å². The van der Waals surface area contributed by atoms with Gasteiger partial charge in [-0.1, -0.05) is 12.1 Å². The molecule has 0 N–H and O–H groups in total. The Balaban J connectivity index is 2.51. The molecule has 2 rings (SSSR count). The number of carbonyl (C=O) groups excluding carboxylic acids is 1. The molecule has 0 fully saturated rings. The third-order valence-electron chi connectivity index (χ3n) is 2.88. The molecule has 0 amide bonds. The van der Waals surface area contributed by atoms with Gasteiger partial charge in [-0.05, 0) is 31.5 Å². The van der Waals surface area contributed by atoms with Gasteiger partial charge in [0.2, 0.25) is 0 Å². The van der Waals surface area contributed by atoms with Crippen molar-refractivity contribution in [2.75, 3.05) is 7.11 Å². The van der Waals surface area contributed by atoms with E-state index in [0.29, 0.717) is 5.56 Å². The molecule has 0 aliphatic carbocycles. The first-order valence-corrected chi connectivity index (χ1v) is 5.88. The Morgan fingerprint density at radius 3 is 2.89 bits per heavy atom. The lowest BCUT2D eigenvalue weighted by atomic mass is 10.1. The van der Waals surface area contributed by atoms with Crippen molar-refractivity contribution in [3.63, 3.8) is 0 Å². The Hall–Kier alpha value is -2.10. The smallest absolute Gasteiger partial charge is 0.337 e. The number of nitrogens with zero attached hydrogens (tertiary/aromatic N) is 2. The summed E-state index contributed by atoms with van der Waals surface area (Å²) in [6.45, 7) is 4.85. The lowest BCUT2D eigenvalue weighted by molar-refractivity contribution is 0.0601. The fourth-order valence-corrected chi connectivity index (χ4v) is 2.01. The summed E-state index contributed by atoms with van der Waals surface area (Å²) in [6, 6.07) is 7.41. The van der Waals surface area contributed by atoms with E-state index in [1.165, 1.54) is 7.11 Å². The first-order valence-electron chi connectivity index (χ1n) is 5.88. The molecule has 0 radical (unpaired) electrons. The molecular formula is C14H16N2O2. The third-order valence-corrected chi connectivity index (χ3v) is 2.88. The number of aromatic nitrogens is 2. The minimum absolute atomic E-state index is 0.322.